The second-order valence-corrected chi connectivity index (χ2v) is 4.24. The van der Waals surface area contributed by atoms with Crippen LogP contribution in [0, 0.1) is 0 Å². The van der Waals surface area contributed by atoms with E-state index in [0.29, 0.717) is 0 Å². The van der Waals surface area contributed by atoms with E-state index >= 15 is 0 Å². The molecule has 13 heavy (non-hydrogen) atoms. The molecule has 1 aromatic carbocycles. The highest BCUT2D eigenvalue weighted by Crippen LogP contribution is 2.28. The zero-order valence-electron chi connectivity index (χ0n) is 7.32. The second-order valence-electron chi connectivity index (χ2n) is 3.12. The van der Waals surface area contributed by atoms with Crippen molar-refractivity contribution in [2.75, 3.05) is 0 Å². The Morgan fingerprint density at radius 3 is 2.85 bits per heavy atom. The van der Waals surface area contributed by atoms with Crippen LogP contribution in [0.3, 0.4) is 0 Å². The van der Waals surface area contributed by atoms with Crippen LogP contribution < -0.4 is 5.46 Å². The van der Waals surface area contributed by atoms with E-state index in [1.807, 2.05) is 24.3 Å². The standard InChI is InChI=1S/C10H9BOS/c1-6(12)10-5-7-4-8(11)2-3-9(7)13-10/h2-6,12H,1H3. The molecule has 0 saturated heterocycles. The van der Waals surface area contributed by atoms with Gasteiger partial charge in [0.15, 0.2) is 0 Å². The lowest BCUT2D eigenvalue weighted by Gasteiger charge is -1.95. The van der Waals surface area contributed by atoms with Crippen molar-refractivity contribution in [2.24, 2.45) is 0 Å². The Hall–Kier alpha value is -0.795. The highest BCUT2D eigenvalue weighted by atomic mass is 32.1. The molecular formula is C10H9BOS. The van der Waals surface area contributed by atoms with Gasteiger partial charge in [0, 0.05) is 9.58 Å². The molecule has 0 aliphatic heterocycles. The van der Waals surface area contributed by atoms with Crippen LogP contribution in [0.2, 0.25) is 0 Å². The molecule has 0 aliphatic carbocycles. The van der Waals surface area contributed by atoms with Crippen molar-refractivity contribution in [1.82, 2.24) is 0 Å². The third-order valence-corrected chi connectivity index (χ3v) is 3.26. The number of aliphatic hydroxyl groups is 1. The van der Waals surface area contributed by atoms with E-state index in [4.69, 9.17) is 7.85 Å². The molecule has 0 bridgehead atoms. The summed E-state index contributed by atoms with van der Waals surface area (Å²) in [6, 6.07) is 7.78. The third kappa shape index (κ3) is 1.62. The van der Waals surface area contributed by atoms with Crippen molar-refractivity contribution >= 4 is 34.7 Å². The SMILES string of the molecule is [B]c1ccc2sc(C(C)O)cc2c1. The van der Waals surface area contributed by atoms with Crippen molar-refractivity contribution in [1.29, 1.82) is 0 Å². The van der Waals surface area contributed by atoms with Crippen molar-refractivity contribution in [3.05, 3.63) is 29.1 Å². The third-order valence-electron chi connectivity index (χ3n) is 1.97. The number of hydrogen-bond donors (Lipinski definition) is 1. The molecule has 3 heteroatoms. The molecule has 64 valence electrons. The van der Waals surface area contributed by atoms with Gasteiger partial charge in [0.1, 0.15) is 7.85 Å². The minimum atomic E-state index is -0.390. The molecule has 1 unspecified atom stereocenters. The molecule has 0 fully saturated rings. The lowest BCUT2D eigenvalue weighted by atomic mass is 9.95. The predicted molar refractivity (Wildman–Crippen MR) is 57.8 cm³/mol. The van der Waals surface area contributed by atoms with E-state index in [9.17, 15) is 5.11 Å². The van der Waals surface area contributed by atoms with Gasteiger partial charge in [-0.1, -0.05) is 17.6 Å². The summed E-state index contributed by atoms with van der Waals surface area (Å²) < 4.78 is 1.17. The molecule has 2 radical (unpaired) electrons. The summed E-state index contributed by atoms with van der Waals surface area (Å²) in [4.78, 5) is 0.987. The first-order chi connectivity index (χ1) is 6.16. The average molecular weight is 188 g/mol. The monoisotopic (exact) mass is 188 g/mol. The largest absolute Gasteiger partial charge is 0.388 e. The Morgan fingerprint density at radius 2 is 2.15 bits per heavy atom. The molecule has 1 atom stereocenters. The maximum absolute atomic E-state index is 9.37. The van der Waals surface area contributed by atoms with Gasteiger partial charge in [0.25, 0.3) is 0 Å². The van der Waals surface area contributed by atoms with Crippen LogP contribution in [0.1, 0.15) is 17.9 Å². The van der Waals surface area contributed by atoms with Crippen LogP contribution in [-0.4, -0.2) is 13.0 Å². The Balaban J connectivity index is 2.62. The number of thiophene rings is 1. The smallest absolute Gasteiger partial charge is 0.113 e. The highest BCUT2D eigenvalue weighted by molar-refractivity contribution is 7.19. The zero-order valence-corrected chi connectivity index (χ0v) is 8.14. The van der Waals surface area contributed by atoms with Crippen LogP contribution in [0.5, 0.6) is 0 Å². The highest BCUT2D eigenvalue weighted by Gasteiger charge is 2.05. The molecule has 2 aromatic rings. The molecule has 0 aliphatic rings. The molecule has 1 aromatic heterocycles. The first-order valence-corrected chi connectivity index (χ1v) is 4.95. The van der Waals surface area contributed by atoms with Crippen molar-refractivity contribution in [3.8, 4) is 0 Å². The van der Waals surface area contributed by atoms with Gasteiger partial charge in [-0.2, -0.15) is 0 Å². The number of rotatable bonds is 1. The van der Waals surface area contributed by atoms with Crippen molar-refractivity contribution in [3.63, 3.8) is 0 Å². The predicted octanol–water partition coefficient (Wildman–Crippen LogP) is 1.75. The van der Waals surface area contributed by atoms with Crippen LogP contribution in [0.4, 0.5) is 0 Å². The maximum atomic E-state index is 9.37. The molecule has 0 saturated carbocycles. The van der Waals surface area contributed by atoms with Gasteiger partial charge in [-0.15, -0.1) is 11.3 Å². The van der Waals surface area contributed by atoms with Gasteiger partial charge < -0.3 is 5.11 Å². The number of hydrogen-bond acceptors (Lipinski definition) is 2. The van der Waals surface area contributed by atoms with E-state index in [0.717, 1.165) is 15.7 Å². The fourth-order valence-corrected chi connectivity index (χ4v) is 2.27. The minimum absolute atomic E-state index is 0.390. The Bertz CT molecular complexity index is 433. The fraction of sp³-hybridized carbons (Fsp3) is 0.200. The lowest BCUT2D eigenvalue weighted by Crippen LogP contribution is -1.98. The summed E-state index contributed by atoms with van der Waals surface area (Å²) in [6.45, 7) is 1.77. The lowest BCUT2D eigenvalue weighted by molar-refractivity contribution is 0.203. The Morgan fingerprint density at radius 1 is 1.38 bits per heavy atom. The van der Waals surface area contributed by atoms with Gasteiger partial charge in [-0.3, -0.25) is 0 Å². The Kier molecular flexibility index (Phi) is 2.14. The second kappa shape index (κ2) is 3.16. The van der Waals surface area contributed by atoms with Gasteiger partial charge in [0.05, 0.1) is 6.10 Å². The first-order valence-electron chi connectivity index (χ1n) is 4.14. The van der Waals surface area contributed by atoms with Crippen LogP contribution >= 0.6 is 11.3 Å². The molecule has 0 spiro atoms. The molecule has 0 amide bonds. The minimum Gasteiger partial charge on any atom is -0.388 e. The quantitative estimate of drug-likeness (QED) is 0.676. The fourth-order valence-electron chi connectivity index (χ4n) is 1.29. The first kappa shape index (κ1) is 8.79. The van der Waals surface area contributed by atoms with Crippen molar-refractivity contribution < 1.29 is 5.11 Å². The van der Waals surface area contributed by atoms with E-state index in [1.54, 1.807) is 18.3 Å². The number of aliphatic hydroxyl groups excluding tert-OH is 1. The van der Waals surface area contributed by atoms with Crippen LogP contribution in [0.25, 0.3) is 10.1 Å². The summed E-state index contributed by atoms with van der Waals surface area (Å²) in [7, 11) is 5.65. The molecule has 1 N–H and O–H groups in total. The summed E-state index contributed by atoms with van der Waals surface area (Å²) in [5, 5.41) is 10.5. The van der Waals surface area contributed by atoms with Crippen LogP contribution in [0.15, 0.2) is 24.3 Å². The molecule has 2 rings (SSSR count). The average Bonchev–Trinajstić information content (AvgIpc) is 2.46. The summed E-state index contributed by atoms with van der Waals surface area (Å²) in [6.07, 6.45) is -0.390. The van der Waals surface area contributed by atoms with E-state index in [1.165, 1.54) is 4.70 Å². The van der Waals surface area contributed by atoms with Gasteiger partial charge in [-0.05, 0) is 24.4 Å². The zero-order chi connectivity index (χ0) is 9.42. The summed E-state index contributed by atoms with van der Waals surface area (Å²) in [5.74, 6) is 0. The van der Waals surface area contributed by atoms with Gasteiger partial charge >= 0.3 is 0 Å². The molecule has 1 nitrogen and oxygen atoms in total. The maximum Gasteiger partial charge on any atom is 0.113 e. The van der Waals surface area contributed by atoms with Crippen molar-refractivity contribution in [2.45, 2.75) is 13.0 Å². The molecular weight excluding hydrogens is 179 g/mol. The summed E-state index contributed by atoms with van der Waals surface area (Å²) >= 11 is 1.61. The normalized spacial score (nSPS) is 13.4. The van der Waals surface area contributed by atoms with E-state index in [2.05, 4.69) is 0 Å². The van der Waals surface area contributed by atoms with E-state index < -0.39 is 6.10 Å². The van der Waals surface area contributed by atoms with Gasteiger partial charge in [-0.25, -0.2) is 0 Å². The summed E-state index contributed by atoms with van der Waals surface area (Å²) in [5.41, 5.74) is 0.766. The number of fused-ring (bicyclic) bond motifs is 1. The molecule has 1 heterocycles. The van der Waals surface area contributed by atoms with Gasteiger partial charge in [0.2, 0.25) is 0 Å². The number of benzene rings is 1. The van der Waals surface area contributed by atoms with Crippen LogP contribution in [-0.2, 0) is 0 Å². The topological polar surface area (TPSA) is 20.2 Å². The Labute approximate surface area is 82.4 Å². The van der Waals surface area contributed by atoms with E-state index in [-0.39, 0.29) is 0 Å².